The fraction of sp³-hybridized carbons (Fsp3) is 0.571. The summed E-state index contributed by atoms with van der Waals surface area (Å²) in [5, 5.41) is 1.34. The van der Waals surface area contributed by atoms with Crippen LogP contribution in [0.15, 0.2) is 22.7 Å². The molecule has 0 saturated heterocycles. The molecule has 17 heavy (non-hydrogen) atoms. The normalized spacial score (nSPS) is 10.7. The Bertz CT molecular complexity index is 308. The third kappa shape index (κ3) is 5.73. The highest BCUT2D eigenvalue weighted by Gasteiger charge is 2.03. The molecule has 0 atom stereocenters. The monoisotopic (exact) mass is 314 g/mol. The van der Waals surface area contributed by atoms with Crippen molar-refractivity contribution in [2.24, 2.45) is 0 Å². The Labute approximate surface area is 117 Å². The summed E-state index contributed by atoms with van der Waals surface area (Å²) in [6.45, 7) is 3.10. The summed E-state index contributed by atoms with van der Waals surface area (Å²) < 4.78 is 6.96. The second-order valence-corrected chi connectivity index (χ2v) is 6.43. The van der Waals surface area contributed by atoms with Crippen LogP contribution in [-0.4, -0.2) is 16.8 Å². The number of benzene rings is 1. The van der Waals surface area contributed by atoms with Crippen molar-refractivity contribution in [3.8, 4) is 5.75 Å². The number of ether oxygens (including phenoxy) is 1. The van der Waals surface area contributed by atoms with Gasteiger partial charge >= 0.3 is 0 Å². The molecule has 0 unspecified atom stereocenters. The van der Waals surface area contributed by atoms with Gasteiger partial charge in [0.05, 0.1) is 11.1 Å². The maximum absolute atomic E-state index is 5.86. The van der Waals surface area contributed by atoms with Crippen LogP contribution in [0.25, 0.3) is 0 Å². The predicted octanol–water partition coefficient (Wildman–Crippen LogP) is 3.18. The molecule has 0 radical (unpaired) electrons. The minimum absolute atomic E-state index is 0.851. The van der Waals surface area contributed by atoms with Crippen molar-refractivity contribution in [3.05, 3.63) is 22.7 Å². The summed E-state index contributed by atoms with van der Waals surface area (Å²) >= 11 is 3.55. The van der Waals surface area contributed by atoms with Crippen molar-refractivity contribution in [2.45, 2.75) is 45.4 Å². The van der Waals surface area contributed by atoms with E-state index in [0.29, 0.717) is 0 Å². The molecule has 0 amide bonds. The first kappa shape index (κ1) is 14.8. The van der Waals surface area contributed by atoms with Crippen LogP contribution in [0.1, 0.15) is 45.4 Å². The van der Waals surface area contributed by atoms with Crippen LogP contribution in [0.5, 0.6) is 5.75 Å². The van der Waals surface area contributed by atoms with Gasteiger partial charge in [-0.25, -0.2) is 0 Å². The second kappa shape index (κ2) is 8.76. The molecule has 0 aliphatic heterocycles. The maximum Gasteiger partial charge on any atom is 0.131 e. The van der Waals surface area contributed by atoms with Crippen molar-refractivity contribution in [2.75, 3.05) is 6.61 Å². The molecule has 0 spiro atoms. The van der Waals surface area contributed by atoms with Crippen LogP contribution in [0.4, 0.5) is 0 Å². The molecule has 1 rings (SSSR count). The van der Waals surface area contributed by atoms with Gasteiger partial charge in [-0.2, -0.15) is 0 Å². The Balaban J connectivity index is 2.18. The zero-order valence-electron chi connectivity index (χ0n) is 11.0. The van der Waals surface area contributed by atoms with Gasteiger partial charge in [0.2, 0.25) is 0 Å². The lowest BCUT2D eigenvalue weighted by molar-refractivity contribution is 0.305. The van der Waals surface area contributed by atoms with Gasteiger partial charge < -0.3 is 4.74 Å². The highest BCUT2D eigenvalue weighted by Crippen LogP contribution is 2.21. The van der Waals surface area contributed by atoms with Crippen LogP contribution in [0, 0.1) is 0 Å². The molecular formula is C14H23BrOSi. The Morgan fingerprint density at radius 2 is 1.82 bits per heavy atom. The summed E-state index contributed by atoms with van der Waals surface area (Å²) in [5.41, 5.74) is 0. The molecular weight excluding hydrogens is 292 g/mol. The average Bonchev–Trinajstić information content (AvgIpc) is 2.31. The minimum atomic E-state index is 0.851. The van der Waals surface area contributed by atoms with E-state index in [-0.39, 0.29) is 0 Å². The van der Waals surface area contributed by atoms with Gasteiger partial charge in [0.1, 0.15) is 5.75 Å². The van der Waals surface area contributed by atoms with Gasteiger partial charge in [-0.05, 0) is 33.6 Å². The first-order valence-corrected chi connectivity index (χ1v) is 8.43. The van der Waals surface area contributed by atoms with Gasteiger partial charge in [0, 0.05) is 10.2 Å². The van der Waals surface area contributed by atoms with E-state index in [0.717, 1.165) is 27.1 Å². The predicted molar refractivity (Wildman–Crippen MR) is 82.6 cm³/mol. The molecule has 0 N–H and O–H groups in total. The third-order valence-corrected chi connectivity index (χ3v) is 4.32. The van der Waals surface area contributed by atoms with Crippen molar-refractivity contribution in [1.29, 1.82) is 0 Å². The van der Waals surface area contributed by atoms with Crippen LogP contribution in [0.2, 0.25) is 0 Å². The quantitative estimate of drug-likeness (QED) is 0.529. The van der Waals surface area contributed by atoms with Crippen molar-refractivity contribution in [3.63, 3.8) is 0 Å². The van der Waals surface area contributed by atoms with Crippen LogP contribution in [0.3, 0.4) is 0 Å². The molecule has 1 aromatic carbocycles. The van der Waals surface area contributed by atoms with Gasteiger partial charge in [-0.3, -0.25) is 0 Å². The van der Waals surface area contributed by atoms with Gasteiger partial charge in [-0.15, -0.1) is 0 Å². The van der Waals surface area contributed by atoms with Crippen molar-refractivity contribution < 1.29 is 4.74 Å². The first-order valence-electron chi connectivity index (χ1n) is 6.63. The number of halogens is 1. The summed E-state index contributed by atoms with van der Waals surface area (Å²) in [5.74, 6) is 1.06. The van der Waals surface area contributed by atoms with E-state index in [1.165, 1.54) is 43.7 Å². The molecule has 0 aliphatic carbocycles. The van der Waals surface area contributed by atoms with E-state index >= 15 is 0 Å². The van der Waals surface area contributed by atoms with E-state index < -0.39 is 0 Å². The number of unbranched alkanes of at least 4 members (excludes halogenated alkanes) is 5. The second-order valence-electron chi connectivity index (χ2n) is 4.50. The van der Waals surface area contributed by atoms with E-state index in [2.05, 4.69) is 41.1 Å². The number of rotatable bonds is 8. The summed E-state index contributed by atoms with van der Waals surface area (Å²) in [7, 11) is 1.04. The Morgan fingerprint density at radius 1 is 1.12 bits per heavy atom. The van der Waals surface area contributed by atoms with Crippen molar-refractivity contribution in [1.82, 2.24) is 0 Å². The maximum atomic E-state index is 5.86. The van der Waals surface area contributed by atoms with E-state index in [9.17, 15) is 0 Å². The van der Waals surface area contributed by atoms with E-state index in [4.69, 9.17) is 4.74 Å². The molecule has 1 aromatic rings. The largest absolute Gasteiger partial charge is 0.493 e. The lowest BCUT2D eigenvalue weighted by Gasteiger charge is -2.10. The van der Waals surface area contributed by atoms with Crippen LogP contribution < -0.4 is 9.92 Å². The van der Waals surface area contributed by atoms with Crippen LogP contribution >= 0.6 is 15.9 Å². The van der Waals surface area contributed by atoms with Gasteiger partial charge in [-0.1, -0.05) is 51.2 Å². The van der Waals surface area contributed by atoms with E-state index in [1.807, 2.05) is 0 Å². The number of para-hydroxylation sites is 1. The molecule has 1 nitrogen and oxygen atoms in total. The Hall–Kier alpha value is -0.283. The molecule has 96 valence electrons. The molecule has 3 heteroatoms. The van der Waals surface area contributed by atoms with Gasteiger partial charge in [0.15, 0.2) is 0 Å². The van der Waals surface area contributed by atoms with E-state index in [1.54, 1.807) is 0 Å². The standard InChI is InChI=1S/C14H23BrOSi/c1-2-3-4-5-6-7-11-16-14-12(15)9-8-10-13(14)17/h8-10H,2-7,11H2,1,17H3. The third-order valence-electron chi connectivity index (χ3n) is 2.91. The molecule has 0 aliphatic rings. The summed E-state index contributed by atoms with van der Waals surface area (Å²) in [6, 6.07) is 6.27. The Morgan fingerprint density at radius 3 is 2.53 bits per heavy atom. The molecule has 0 fully saturated rings. The summed E-state index contributed by atoms with van der Waals surface area (Å²) in [6.07, 6.45) is 7.87. The molecule has 0 heterocycles. The fourth-order valence-corrected chi connectivity index (χ4v) is 3.41. The number of hydrogen-bond acceptors (Lipinski definition) is 1. The highest BCUT2D eigenvalue weighted by atomic mass is 79.9. The lowest BCUT2D eigenvalue weighted by atomic mass is 10.1. The highest BCUT2D eigenvalue weighted by molar-refractivity contribution is 9.10. The minimum Gasteiger partial charge on any atom is -0.493 e. The zero-order valence-corrected chi connectivity index (χ0v) is 14.6. The first-order chi connectivity index (χ1) is 8.25. The topological polar surface area (TPSA) is 9.23 Å². The lowest BCUT2D eigenvalue weighted by Crippen LogP contribution is -2.10. The zero-order chi connectivity index (χ0) is 12.5. The molecule has 0 saturated carbocycles. The summed E-state index contributed by atoms with van der Waals surface area (Å²) in [4.78, 5) is 0. The van der Waals surface area contributed by atoms with Crippen molar-refractivity contribution >= 4 is 31.4 Å². The van der Waals surface area contributed by atoms with Crippen LogP contribution in [-0.2, 0) is 0 Å². The molecule has 0 bridgehead atoms. The smallest absolute Gasteiger partial charge is 0.131 e. The Kier molecular flexibility index (Phi) is 7.61. The fourth-order valence-electron chi connectivity index (χ4n) is 1.86. The van der Waals surface area contributed by atoms with Gasteiger partial charge in [0.25, 0.3) is 0 Å². The number of hydrogen-bond donors (Lipinski definition) is 0. The average molecular weight is 315 g/mol. The molecule has 0 aromatic heterocycles. The SMILES string of the molecule is CCCCCCCCOc1c([SiH3])cccc1Br.